The van der Waals surface area contributed by atoms with Gasteiger partial charge in [0.05, 0.1) is 28.7 Å². The summed E-state index contributed by atoms with van der Waals surface area (Å²) in [4.78, 5) is 48.1. The Bertz CT molecular complexity index is 1250. The Labute approximate surface area is 229 Å². The zero-order valence-electron chi connectivity index (χ0n) is 21.0. The minimum Gasteiger partial charge on any atom is -0.404 e. The van der Waals surface area contributed by atoms with Crippen molar-refractivity contribution in [3.8, 4) is 0 Å². The molecule has 7 nitrogen and oxygen atoms in total. The number of carbonyl (C=O) groups is 3. The smallest absolute Gasteiger partial charge is 0.257 e. The van der Waals surface area contributed by atoms with Crippen LogP contribution in [-0.4, -0.2) is 45.7 Å². The van der Waals surface area contributed by atoms with E-state index >= 15 is 0 Å². The molecule has 1 aliphatic carbocycles. The van der Waals surface area contributed by atoms with Gasteiger partial charge in [-0.05, 0) is 63.3 Å². The Balaban J connectivity index is 1.89. The first-order valence-corrected chi connectivity index (χ1v) is 12.8. The molecule has 0 aliphatic heterocycles. The minimum atomic E-state index is -0.828. The summed E-state index contributed by atoms with van der Waals surface area (Å²) in [5, 5.41) is -0.0899. The number of hydrogen-bond donors (Lipinski definition) is 1. The highest BCUT2D eigenvalue weighted by molar-refractivity contribution is 6.39. The first-order chi connectivity index (χ1) is 18.0. The normalized spacial score (nSPS) is 18.3. The van der Waals surface area contributed by atoms with Crippen LogP contribution in [0.3, 0.4) is 0 Å². The van der Waals surface area contributed by atoms with E-state index < -0.39 is 29.9 Å². The Morgan fingerprint density at radius 1 is 1.11 bits per heavy atom. The van der Waals surface area contributed by atoms with Crippen molar-refractivity contribution >= 4 is 46.4 Å². The van der Waals surface area contributed by atoms with Gasteiger partial charge in [-0.2, -0.15) is 0 Å². The number of rotatable bonds is 9. The predicted molar refractivity (Wildman–Crippen MR) is 142 cm³/mol. The van der Waals surface area contributed by atoms with Gasteiger partial charge in [0.2, 0.25) is 0 Å². The molecule has 0 bridgehead atoms. The lowest BCUT2D eigenvalue weighted by Crippen LogP contribution is -2.38. The van der Waals surface area contributed by atoms with Crippen molar-refractivity contribution in [2.45, 2.75) is 52.1 Å². The van der Waals surface area contributed by atoms with E-state index in [1.807, 2.05) is 0 Å². The first-order valence-electron chi connectivity index (χ1n) is 12.0. The third kappa shape index (κ3) is 7.45. The minimum absolute atomic E-state index is 0.0206. The molecule has 3 rings (SSSR count). The molecule has 0 radical (unpaired) electrons. The van der Waals surface area contributed by atoms with E-state index in [2.05, 4.69) is 9.98 Å². The van der Waals surface area contributed by atoms with Crippen LogP contribution in [0, 0.1) is 17.6 Å². The molecule has 2 N–H and O–H groups in total. The number of nitrogens with zero attached hydrogens (tertiary/aromatic N) is 3. The molecule has 0 saturated heterocycles. The Morgan fingerprint density at radius 2 is 1.74 bits per heavy atom. The largest absolute Gasteiger partial charge is 0.404 e. The molecule has 0 atom stereocenters. The molecule has 1 heterocycles. The van der Waals surface area contributed by atoms with E-state index in [1.165, 1.54) is 12.3 Å². The van der Waals surface area contributed by atoms with Crippen molar-refractivity contribution < 1.29 is 23.2 Å². The molecular formula is C27H28Cl2F2N4O3. The van der Waals surface area contributed by atoms with Crippen molar-refractivity contribution in [2.75, 3.05) is 6.54 Å². The van der Waals surface area contributed by atoms with Crippen molar-refractivity contribution in [3.63, 3.8) is 0 Å². The maximum atomic E-state index is 13.9. The molecule has 1 aromatic heterocycles. The summed E-state index contributed by atoms with van der Waals surface area (Å²) < 4.78 is 27.8. The monoisotopic (exact) mass is 564 g/mol. The Morgan fingerprint density at radius 3 is 2.29 bits per heavy atom. The molecule has 1 saturated carbocycles. The fourth-order valence-corrected chi connectivity index (χ4v) is 5.07. The van der Waals surface area contributed by atoms with Crippen molar-refractivity contribution in [3.05, 3.63) is 75.2 Å². The summed E-state index contributed by atoms with van der Waals surface area (Å²) in [5.74, 6) is -2.76. The van der Waals surface area contributed by atoms with E-state index in [0.717, 1.165) is 23.2 Å². The number of pyridine rings is 1. The van der Waals surface area contributed by atoms with E-state index in [4.69, 9.17) is 28.9 Å². The predicted octanol–water partition coefficient (Wildman–Crippen LogP) is 5.33. The molecule has 2 aromatic rings. The molecule has 202 valence electrons. The van der Waals surface area contributed by atoms with Crippen LogP contribution in [-0.2, 0) is 16.1 Å². The van der Waals surface area contributed by atoms with Gasteiger partial charge in [0.25, 0.3) is 5.91 Å². The lowest BCUT2D eigenvalue weighted by atomic mass is 9.84. The molecule has 1 fully saturated rings. The van der Waals surface area contributed by atoms with Crippen LogP contribution in [0.5, 0.6) is 0 Å². The van der Waals surface area contributed by atoms with E-state index in [-0.39, 0.29) is 51.2 Å². The van der Waals surface area contributed by atoms with Crippen LogP contribution < -0.4 is 5.73 Å². The molecule has 0 spiro atoms. The third-order valence-corrected chi connectivity index (χ3v) is 7.09. The number of ketones is 2. The molecule has 1 aliphatic rings. The number of aromatic nitrogens is 1. The third-order valence-electron chi connectivity index (χ3n) is 6.48. The van der Waals surface area contributed by atoms with Gasteiger partial charge in [0.1, 0.15) is 22.6 Å². The van der Waals surface area contributed by atoms with Gasteiger partial charge >= 0.3 is 0 Å². The number of hydrogen-bond acceptors (Lipinski definition) is 6. The summed E-state index contributed by atoms with van der Waals surface area (Å²) in [6.45, 7) is 2.39. The lowest BCUT2D eigenvalue weighted by Gasteiger charge is -2.26. The number of Topliss-reactive ketones (excluding diaryl/α,β-unsaturated/α-hetero) is 2. The maximum Gasteiger partial charge on any atom is 0.257 e. The Kier molecular flexibility index (Phi) is 10.1. The van der Waals surface area contributed by atoms with Gasteiger partial charge < -0.3 is 10.6 Å². The highest BCUT2D eigenvalue weighted by atomic mass is 35.5. The van der Waals surface area contributed by atoms with E-state index in [9.17, 15) is 23.2 Å². The van der Waals surface area contributed by atoms with Crippen LogP contribution in [0.2, 0.25) is 10.2 Å². The first kappa shape index (κ1) is 29.4. The summed E-state index contributed by atoms with van der Waals surface area (Å²) in [7, 11) is 0. The van der Waals surface area contributed by atoms with E-state index in [0.29, 0.717) is 37.5 Å². The van der Waals surface area contributed by atoms with Gasteiger partial charge in [-0.15, -0.1) is 0 Å². The Hall–Kier alpha value is -3.17. The second-order valence-corrected chi connectivity index (χ2v) is 10.00. The zero-order valence-corrected chi connectivity index (χ0v) is 22.5. The van der Waals surface area contributed by atoms with Gasteiger partial charge in [0, 0.05) is 36.6 Å². The highest BCUT2D eigenvalue weighted by Crippen LogP contribution is 2.28. The van der Waals surface area contributed by atoms with Crippen LogP contribution in [0.1, 0.15) is 55.5 Å². The molecule has 38 heavy (non-hydrogen) atoms. The van der Waals surface area contributed by atoms with Crippen molar-refractivity contribution in [1.29, 1.82) is 0 Å². The summed E-state index contributed by atoms with van der Waals surface area (Å²) in [5.41, 5.74) is 6.25. The number of aliphatic imine (C=N–C) groups is 1. The number of benzene rings is 1. The molecule has 0 unspecified atom stereocenters. The SMILES string of the molecule is CC(=O)C1CCC(N=C(C)C(=CN)C(=O)N(CC(=O)c2c(Cl)ccnc2Cl)Cc2cc(F)cc(F)c2)CC1. The van der Waals surface area contributed by atoms with E-state index in [1.54, 1.807) is 13.8 Å². The van der Waals surface area contributed by atoms with Crippen LogP contribution in [0.25, 0.3) is 0 Å². The number of nitrogens with two attached hydrogens (primary N) is 1. The second kappa shape index (κ2) is 13.1. The number of amides is 1. The number of halogens is 4. The van der Waals surface area contributed by atoms with Crippen LogP contribution in [0.15, 0.2) is 47.2 Å². The molecule has 1 amide bonds. The fraction of sp³-hybridized carbons (Fsp3) is 0.370. The fourth-order valence-electron chi connectivity index (χ4n) is 4.51. The average Bonchev–Trinajstić information content (AvgIpc) is 2.83. The highest BCUT2D eigenvalue weighted by Gasteiger charge is 2.28. The van der Waals surface area contributed by atoms with Gasteiger partial charge in [-0.1, -0.05) is 23.2 Å². The number of carbonyl (C=O) groups excluding carboxylic acids is 3. The summed E-state index contributed by atoms with van der Waals surface area (Å²) in [6.07, 6.45) is 5.23. The molecule has 1 aromatic carbocycles. The topological polar surface area (TPSA) is 106 Å². The standard InChI is InChI=1S/C27H28Cl2F2N4O3/c1-15(34-21-5-3-18(4-6-21)16(2)36)22(12-32)27(38)35(13-17-9-19(30)11-20(31)10-17)14-24(37)25-23(28)7-8-33-26(25)29/h7-12,18,21H,3-6,13-14,32H2,1-2H3. The summed E-state index contributed by atoms with van der Waals surface area (Å²) in [6, 6.07) is 4.14. The quantitative estimate of drug-likeness (QED) is 0.192. The van der Waals surface area contributed by atoms with Gasteiger partial charge in [-0.3, -0.25) is 19.4 Å². The van der Waals surface area contributed by atoms with Crippen molar-refractivity contribution in [2.24, 2.45) is 16.6 Å². The van der Waals surface area contributed by atoms with Gasteiger partial charge in [-0.25, -0.2) is 13.8 Å². The van der Waals surface area contributed by atoms with Gasteiger partial charge in [0.15, 0.2) is 5.78 Å². The summed E-state index contributed by atoms with van der Waals surface area (Å²) >= 11 is 12.2. The van der Waals surface area contributed by atoms with Crippen LogP contribution in [0.4, 0.5) is 8.78 Å². The zero-order chi connectivity index (χ0) is 28.0. The second-order valence-electron chi connectivity index (χ2n) is 9.23. The van der Waals surface area contributed by atoms with Crippen molar-refractivity contribution in [1.82, 2.24) is 9.88 Å². The van der Waals surface area contributed by atoms with Crippen LogP contribution >= 0.6 is 23.2 Å². The molecular weight excluding hydrogens is 537 g/mol. The lowest BCUT2D eigenvalue weighted by molar-refractivity contribution is -0.126. The molecule has 11 heteroatoms. The maximum absolute atomic E-state index is 13.9. The average molecular weight is 565 g/mol.